The predicted molar refractivity (Wildman–Crippen MR) is 63.5 cm³/mol. The third-order valence-corrected chi connectivity index (χ3v) is 2.12. The fourth-order valence-electron chi connectivity index (χ4n) is 1.08. The minimum absolute atomic E-state index is 0.0557. The Kier molecular flexibility index (Phi) is 4.67. The second kappa shape index (κ2) is 6.02. The Labute approximate surface area is 107 Å². The molecule has 1 aromatic rings. The van der Waals surface area contributed by atoms with Crippen LogP contribution < -0.4 is 5.32 Å². The third kappa shape index (κ3) is 3.46. The van der Waals surface area contributed by atoms with E-state index in [1.54, 1.807) is 0 Å². The van der Waals surface area contributed by atoms with E-state index in [2.05, 4.69) is 11.3 Å². The number of amides is 1. The molecule has 0 unspecified atom stereocenters. The Hall–Kier alpha value is -2.08. The van der Waals surface area contributed by atoms with Crippen LogP contribution in [0.1, 0.15) is 10.4 Å². The second-order valence-corrected chi connectivity index (χ2v) is 3.54. The summed E-state index contributed by atoms with van der Waals surface area (Å²) in [4.78, 5) is 21.9. The van der Waals surface area contributed by atoms with Gasteiger partial charge in [-0.05, 0) is 12.1 Å². The average Bonchev–Trinajstić information content (AvgIpc) is 2.31. The number of carboxylic acid groups (broad SMARTS) is 1. The van der Waals surface area contributed by atoms with Gasteiger partial charge in [0, 0.05) is 0 Å². The topological polar surface area (TPSA) is 75.6 Å². The van der Waals surface area contributed by atoms with Crippen molar-refractivity contribution in [3.8, 4) is 0 Å². The third-order valence-electron chi connectivity index (χ3n) is 1.84. The summed E-state index contributed by atoms with van der Waals surface area (Å²) in [6.45, 7) is 3.28. The molecule has 7 heteroatoms. The maximum atomic E-state index is 13.5. The molecule has 0 aliphatic heterocycles. The number of carboxylic acids is 1. The lowest BCUT2D eigenvalue weighted by atomic mass is 10.2. The highest BCUT2D eigenvalue weighted by molar-refractivity contribution is 6.31. The standard InChI is InChI=1S/C11H9ClFNO4/c1-2-3-18-11(17)14-8-5-6(10(15)16)4-7(12)9(8)13/h2,4-5H,1,3H2,(H,14,17)(H,15,16). The van der Waals surface area contributed by atoms with Crippen LogP contribution in [0.2, 0.25) is 5.02 Å². The van der Waals surface area contributed by atoms with Crippen molar-refractivity contribution in [3.63, 3.8) is 0 Å². The van der Waals surface area contributed by atoms with Crippen LogP contribution in [-0.4, -0.2) is 23.8 Å². The molecular weight excluding hydrogens is 265 g/mol. The summed E-state index contributed by atoms with van der Waals surface area (Å²) in [5, 5.41) is 10.4. The number of anilines is 1. The summed E-state index contributed by atoms with van der Waals surface area (Å²) in [5.74, 6) is -2.23. The van der Waals surface area contributed by atoms with E-state index in [1.807, 2.05) is 5.32 Å². The Morgan fingerprint density at radius 3 is 2.78 bits per heavy atom. The van der Waals surface area contributed by atoms with Crippen molar-refractivity contribution in [2.75, 3.05) is 11.9 Å². The molecule has 0 radical (unpaired) electrons. The number of halogens is 2. The molecule has 0 spiro atoms. The van der Waals surface area contributed by atoms with Gasteiger partial charge in [-0.3, -0.25) is 5.32 Å². The zero-order valence-electron chi connectivity index (χ0n) is 9.07. The Morgan fingerprint density at radius 1 is 1.56 bits per heavy atom. The molecule has 5 nitrogen and oxygen atoms in total. The molecule has 1 amide bonds. The number of hydrogen-bond donors (Lipinski definition) is 2. The van der Waals surface area contributed by atoms with Crippen molar-refractivity contribution in [1.82, 2.24) is 0 Å². The lowest BCUT2D eigenvalue weighted by Crippen LogP contribution is -2.15. The van der Waals surface area contributed by atoms with Crippen LogP contribution in [0.3, 0.4) is 0 Å². The van der Waals surface area contributed by atoms with Gasteiger partial charge in [0.2, 0.25) is 0 Å². The normalized spacial score (nSPS) is 9.67. The van der Waals surface area contributed by atoms with E-state index in [0.717, 1.165) is 12.1 Å². The van der Waals surface area contributed by atoms with Gasteiger partial charge in [0.05, 0.1) is 16.3 Å². The molecule has 0 aliphatic rings. The average molecular weight is 274 g/mol. The molecule has 0 atom stereocenters. The maximum Gasteiger partial charge on any atom is 0.412 e. The number of carbonyl (C=O) groups excluding carboxylic acids is 1. The Morgan fingerprint density at radius 2 is 2.22 bits per heavy atom. The highest BCUT2D eigenvalue weighted by Gasteiger charge is 2.15. The summed E-state index contributed by atoms with van der Waals surface area (Å²) in [5.41, 5.74) is -0.616. The van der Waals surface area contributed by atoms with Gasteiger partial charge in [-0.15, -0.1) is 0 Å². The fourth-order valence-corrected chi connectivity index (χ4v) is 1.30. The van der Waals surface area contributed by atoms with Crippen LogP contribution in [0.5, 0.6) is 0 Å². The van der Waals surface area contributed by atoms with Crippen molar-refractivity contribution in [2.45, 2.75) is 0 Å². The van der Waals surface area contributed by atoms with Gasteiger partial charge in [-0.1, -0.05) is 24.3 Å². The molecule has 1 aromatic carbocycles. The number of benzene rings is 1. The van der Waals surface area contributed by atoms with Crippen LogP contribution >= 0.6 is 11.6 Å². The monoisotopic (exact) mass is 273 g/mol. The summed E-state index contributed by atoms with van der Waals surface area (Å²) >= 11 is 5.50. The smallest absolute Gasteiger partial charge is 0.412 e. The van der Waals surface area contributed by atoms with Gasteiger partial charge in [0.25, 0.3) is 0 Å². The first-order valence-electron chi connectivity index (χ1n) is 4.72. The van der Waals surface area contributed by atoms with Gasteiger partial charge in [-0.2, -0.15) is 0 Å². The van der Waals surface area contributed by atoms with Gasteiger partial charge < -0.3 is 9.84 Å². The molecule has 0 heterocycles. The van der Waals surface area contributed by atoms with Crippen LogP contribution in [-0.2, 0) is 4.74 Å². The molecule has 2 N–H and O–H groups in total. The van der Waals surface area contributed by atoms with E-state index in [4.69, 9.17) is 16.7 Å². The first kappa shape index (κ1) is 14.0. The number of ether oxygens (including phenoxy) is 1. The molecule has 0 fully saturated rings. The molecule has 0 bridgehead atoms. The second-order valence-electron chi connectivity index (χ2n) is 3.14. The molecule has 0 aliphatic carbocycles. The summed E-state index contributed by atoms with van der Waals surface area (Å²) in [6.07, 6.45) is 0.392. The highest BCUT2D eigenvalue weighted by Crippen LogP contribution is 2.25. The SMILES string of the molecule is C=CCOC(=O)Nc1cc(C(=O)O)cc(Cl)c1F. The van der Waals surface area contributed by atoms with Crippen LogP contribution in [0.15, 0.2) is 24.8 Å². The first-order valence-corrected chi connectivity index (χ1v) is 5.10. The molecule has 0 aromatic heterocycles. The summed E-state index contributed by atoms with van der Waals surface area (Å²) in [7, 11) is 0. The zero-order chi connectivity index (χ0) is 13.7. The molecule has 1 rings (SSSR count). The van der Waals surface area contributed by atoms with Crippen molar-refractivity contribution in [2.24, 2.45) is 0 Å². The number of aromatic carboxylic acids is 1. The van der Waals surface area contributed by atoms with Crippen molar-refractivity contribution >= 4 is 29.4 Å². The predicted octanol–water partition coefficient (Wildman–Crippen LogP) is 2.91. The Bertz CT molecular complexity index is 504. The summed E-state index contributed by atoms with van der Waals surface area (Å²) < 4.78 is 18.1. The number of rotatable bonds is 4. The molecule has 96 valence electrons. The van der Waals surface area contributed by atoms with Crippen molar-refractivity contribution in [1.29, 1.82) is 0 Å². The quantitative estimate of drug-likeness (QED) is 0.827. The lowest BCUT2D eigenvalue weighted by molar-refractivity contribution is 0.0696. The fraction of sp³-hybridized carbons (Fsp3) is 0.0909. The van der Waals surface area contributed by atoms with E-state index in [-0.39, 0.29) is 17.9 Å². The van der Waals surface area contributed by atoms with Crippen LogP contribution in [0.25, 0.3) is 0 Å². The number of nitrogens with one attached hydrogen (secondary N) is 1. The Balaban J connectivity index is 2.97. The van der Waals surface area contributed by atoms with E-state index in [9.17, 15) is 14.0 Å². The van der Waals surface area contributed by atoms with Crippen LogP contribution in [0.4, 0.5) is 14.9 Å². The van der Waals surface area contributed by atoms with Gasteiger partial charge >= 0.3 is 12.1 Å². The molecule has 18 heavy (non-hydrogen) atoms. The largest absolute Gasteiger partial charge is 0.478 e. The van der Waals surface area contributed by atoms with Crippen LogP contribution in [0, 0.1) is 5.82 Å². The zero-order valence-corrected chi connectivity index (χ0v) is 9.83. The van der Waals surface area contributed by atoms with E-state index >= 15 is 0 Å². The van der Waals surface area contributed by atoms with E-state index in [1.165, 1.54) is 6.08 Å². The van der Waals surface area contributed by atoms with Gasteiger partial charge in [0.15, 0.2) is 5.82 Å². The molecule has 0 saturated heterocycles. The molecule has 0 saturated carbocycles. The van der Waals surface area contributed by atoms with Gasteiger partial charge in [-0.25, -0.2) is 14.0 Å². The first-order chi connectivity index (χ1) is 8.45. The number of carbonyl (C=O) groups is 2. The van der Waals surface area contributed by atoms with E-state index < -0.39 is 22.9 Å². The molecular formula is C11H9ClFNO4. The minimum atomic E-state index is -1.29. The van der Waals surface area contributed by atoms with Crippen molar-refractivity contribution < 1.29 is 23.8 Å². The van der Waals surface area contributed by atoms with Gasteiger partial charge in [0.1, 0.15) is 6.61 Å². The van der Waals surface area contributed by atoms with Crippen molar-refractivity contribution in [3.05, 3.63) is 41.2 Å². The summed E-state index contributed by atoms with van der Waals surface area (Å²) in [6, 6.07) is 1.89. The minimum Gasteiger partial charge on any atom is -0.478 e. The number of hydrogen-bond acceptors (Lipinski definition) is 3. The lowest BCUT2D eigenvalue weighted by Gasteiger charge is -2.08. The van der Waals surface area contributed by atoms with E-state index in [0.29, 0.717) is 0 Å². The highest BCUT2D eigenvalue weighted by atomic mass is 35.5. The maximum absolute atomic E-state index is 13.5.